The maximum atomic E-state index is 12.6. The van der Waals surface area contributed by atoms with E-state index in [1.807, 2.05) is 11.8 Å². The number of hydrogen-bond donors (Lipinski definition) is 0. The van der Waals surface area contributed by atoms with Crippen molar-refractivity contribution >= 4 is 29.1 Å². The molecule has 1 aliphatic heterocycles. The van der Waals surface area contributed by atoms with Gasteiger partial charge in [0.2, 0.25) is 0 Å². The Bertz CT molecular complexity index is 508. The molecule has 0 radical (unpaired) electrons. The molecule has 0 bridgehead atoms. The van der Waals surface area contributed by atoms with E-state index in [1.165, 1.54) is 0 Å². The Hall–Kier alpha value is -0.770. The zero-order valence-electron chi connectivity index (χ0n) is 12.8. The van der Waals surface area contributed by atoms with Gasteiger partial charge in [-0.1, -0.05) is 23.2 Å². The third kappa shape index (κ3) is 3.91. The molecule has 1 heterocycles. The lowest BCUT2D eigenvalue weighted by molar-refractivity contribution is 0.0758. The van der Waals surface area contributed by atoms with E-state index in [0.29, 0.717) is 21.7 Å². The second-order valence-corrected chi connectivity index (χ2v) is 6.72. The van der Waals surface area contributed by atoms with E-state index in [1.54, 1.807) is 12.1 Å². The molecule has 21 heavy (non-hydrogen) atoms. The number of halogens is 2. The first-order valence-corrected chi connectivity index (χ1v) is 8.07. The van der Waals surface area contributed by atoms with Gasteiger partial charge in [-0.2, -0.15) is 0 Å². The van der Waals surface area contributed by atoms with Crippen molar-refractivity contribution in [3.05, 3.63) is 33.3 Å². The molecule has 1 saturated heterocycles. The molecule has 1 aromatic rings. The highest BCUT2D eigenvalue weighted by Gasteiger charge is 2.23. The monoisotopic (exact) mass is 328 g/mol. The van der Waals surface area contributed by atoms with Crippen LogP contribution in [0.1, 0.15) is 35.2 Å². The lowest BCUT2D eigenvalue weighted by atomic mass is 10.1. The van der Waals surface area contributed by atoms with E-state index < -0.39 is 0 Å². The molecule has 0 N–H and O–H groups in total. The van der Waals surface area contributed by atoms with Crippen molar-refractivity contribution in [2.24, 2.45) is 0 Å². The first-order valence-electron chi connectivity index (χ1n) is 7.31. The van der Waals surface area contributed by atoms with Crippen molar-refractivity contribution in [1.29, 1.82) is 0 Å². The van der Waals surface area contributed by atoms with E-state index in [0.717, 1.165) is 37.9 Å². The molecule has 0 spiro atoms. The lowest BCUT2D eigenvalue weighted by Gasteiger charge is -2.23. The van der Waals surface area contributed by atoms with E-state index >= 15 is 0 Å². The quantitative estimate of drug-likeness (QED) is 0.823. The fourth-order valence-electron chi connectivity index (χ4n) is 2.75. The van der Waals surface area contributed by atoms with Gasteiger partial charge in [0.15, 0.2) is 0 Å². The minimum Gasteiger partial charge on any atom is -0.339 e. The average molecular weight is 329 g/mol. The van der Waals surface area contributed by atoms with Gasteiger partial charge in [-0.3, -0.25) is 4.79 Å². The van der Waals surface area contributed by atoms with Crippen LogP contribution in [0, 0.1) is 6.92 Å². The first-order chi connectivity index (χ1) is 9.90. The lowest BCUT2D eigenvalue weighted by Crippen LogP contribution is -2.33. The zero-order valence-corrected chi connectivity index (χ0v) is 14.3. The molecule has 3 nitrogen and oxygen atoms in total. The molecule has 1 unspecified atom stereocenters. The van der Waals surface area contributed by atoms with Crippen molar-refractivity contribution in [3.8, 4) is 0 Å². The van der Waals surface area contributed by atoms with Gasteiger partial charge in [0.05, 0.1) is 0 Å². The molecule has 116 valence electrons. The SMILES string of the molecule is Cc1c(Cl)cc(C(=O)N2CCCC(N(C)C)CC2)cc1Cl. The van der Waals surface area contributed by atoms with Crippen molar-refractivity contribution < 1.29 is 4.79 Å². The summed E-state index contributed by atoms with van der Waals surface area (Å²) in [5.41, 5.74) is 1.40. The largest absolute Gasteiger partial charge is 0.339 e. The highest BCUT2D eigenvalue weighted by molar-refractivity contribution is 6.36. The van der Waals surface area contributed by atoms with Crippen LogP contribution < -0.4 is 0 Å². The summed E-state index contributed by atoms with van der Waals surface area (Å²) in [6.07, 6.45) is 3.17. The molecule has 0 saturated carbocycles. The fourth-order valence-corrected chi connectivity index (χ4v) is 3.24. The first kappa shape index (κ1) is 16.6. The second-order valence-electron chi connectivity index (χ2n) is 5.91. The Morgan fingerprint density at radius 3 is 2.38 bits per heavy atom. The van der Waals surface area contributed by atoms with Gasteiger partial charge in [0, 0.05) is 34.7 Å². The number of carbonyl (C=O) groups is 1. The Kier molecular flexibility index (Phi) is 5.53. The van der Waals surface area contributed by atoms with Crippen molar-refractivity contribution in [2.75, 3.05) is 27.2 Å². The maximum absolute atomic E-state index is 12.6. The summed E-state index contributed by atoms with van der Waals surface area (Å²) in [6.45, 7) is 3.43. The fraction of sp³-hybridized carbons (Fsp3) is 0.562. The molecular weight excluding hydrogens is 307 g/mol. The number of rotatable bonds is 2. The summed E-state index contributed by atoms with van der Waals surface area (Å²) in [6, 6.07) is 3.99. The van der Waals surface area contributed by atoms with Gasteiger partial charge in [0.1, 0.15) is 0 Å². The molecule has 1 aliphatic rings. The van der Waals surface area contributed by atoms with Gasteiger partial charge < -0.3 is 9.80 Å². The van der Waals surface area contributed by atoms with Crippen molar-refractivity contribution in [2.45, 2.75) is 32.2 Å². The van der Waals surface area contributed by atoms with Crippen LogP contribution in [-0.4, -0.2) is 48.9 Å². The summed E-state index contributed by atoms with van der Waals surface area (Å²) in [7, 11) is 4.20. The predicted octanol–water partition coefficient (Wildman–Crippen LogP) is 3.86. The molecule has 0 aromatic heterocycles. The van der Waals surface area contributed by atoms with Gasteiger partial charge in [-0.25, -0.2) is 0 Å². The number of amides is 1. The number of nitrogens with zero attached hydrogens (tertiary/aromatic N) is 2. The topological polar surface area (TPSA) is 23.6 Å². The Morgan fingerprint density at radius 2 is 1.81 bits per heavy atom. The third-order valence-corrected chi connectivity index (χ3v) is 5.03. The molecule has 1 amide bonds. The van der Waals surface area contributed by atoms with Gasteiger partial charge >= 0.3 is 0 Å². The zero-order chi connectivity index (χ0) is 15.6. The highest BCUT2D eigenvalue weighted by atomic mass is 35.5. The van der Waals surface area contributed by atoms with Gasteiger partial charge in [0.25, 0.3) is 5.91 Å². The minimum absolute atomic E-state index is 0.0261. The second kappa shape index (κ2) is 6.99. The van der Waals surface area contributed by atoms with Crippen LogP contribution in [0.2, 0.25) is 10.0 Å². The molecule has 2 rings (SSSR count). The van der Waals surface area contributed by atoms with Crippen LogP contribution in [0.5, 0.6) is 0 Å². The van der Waals surface area contributed by atoms with Crippen LogP contribution in [0.3, 0.4) is 0 Å². The van der Waals surface area contributed by atoms with Gasteiger partial charge in [-0.05, 0) is 58.0 Å². The van der Waals surface area contributed by atoms with E-state index in [4.69, 9.17) is 23.2 Å². The molecule has 1 aromatic carbocycles. The average Bonchev–Trinajstić information content (AvgIpc) is 2.69. The normalized spacial score (nSPS) is 19.7. The summed E-state index contributed by atoms with van der Waals surface area (Å²) in [5, 5.41) is 1.10. The molecule has 5 heteroatoms. The summed E-state index contributed by atoms with van der Waals surface area (Å²) < 4.78 is 0. The Morgan fingerprint density at radius 1 is 1.19 bits per heavy atom. The summed E-state index contributed by atoms with van der Waals surface area (Å²) in [4.78, 5) is 16.8. The number of hydrogen-bond acceptors (Lipinski definition) is 2. The van der Waals surface area contributed by atoms with Gasteiger partial charge in [-0.15, -0.1) is 0 Å². The van der Waals surface area contributed by atoms with Crippen LogP contribution in [0.15, 0.2) is 12.1 Å². The van der Waals surface area contributed by atoms with Crippen LogP contribution in [-0.2, 0) is 0 Å². The third-order valence-electron chi connectivity index (χ3n) is 4.24. The Labute approximate surface area is 136 Å². The molecule has 0 aliphatic carbocycles. The summed E-state index contributed by atoms with van der Waals surface area (Å²) >= 11 is 12.3. The molecular formula is C16H22Cl2N2O. The van der Waals surface area contributed by atoms with E-state index in [-0.39, 0.29) is 5.91 Å². The van der Waals surface area contributed by atoms with E-state index in [9.17, 15) is 4.79 Å². The van der Waals surface area contributed by atoms with Crippen LogP contribution >= 0.6 is 23.2 Å². The van der Waals surface area contributed by atoms with Crippen LogP contribution in [0.25, 0.3) is 0 Å². The maximum Gasteiger partial charge on any atom is 0.253 e. The molecule has 1 atom stereocenters. The number of benzene rings is 1. The van der Waals surface area contributed by atoms with Crippen molar-refractivity contribution in [1.82, 2.24) is 9.80 Å². The smallest absolute Gasteiger partial charge is 0.253 e. The summed E-state index contributed by atoms with van der Waals surface area (Å²) in [5.74, 6) is 0.0261. The molecule has 1 fully saturated rings. The standard InChI is InChI=1S/C16H22Cl2N2O/c1-11-14(17)9-12(10-15(11)18)16(21)20-7-4-5-13(6-8-20)19(2)3/h9-10,13H,4-8H2,1-3H3. The van der Waals surface area contributed by atoms with Crippen molar-refractivity contribution in [3.63, 3.8) is 0 Å². The predicted molar refractivity (Wildman–Crippen MR) is 88.4 cm³/mol. The van der Waals surface area contributed by atoms with E-state index in [2.05, 4.69) is 19.0 Å². The Balaban J connectivity index is 2.13. The number of carbonyl (C=O) groups excluding carboxylic acids is 1. The highest BCUT2D eigenvalue weighted by Crippen LogP contribution is 2.27. The minimum atomic E-state index is 0.0261. The van der Waals surface area contributed by atoms with Crippen LogP contribution in [0.4, 0.5) is 0 Å². The number of likely N-dealkylation sites (tertiary alicyclic amines) is 1.